The predicted octanol–water partition coefficient (Wildman–Crippen LogP) is 5.47. The highest BCUT2D eigenvalue weighted by atomic mass is 32.1. The smallest absolute Gasteiger partial charge is 0.261 e. The number of rotatable bonds is 4. The first-order valence-electron chi connectivity index (χ1n) is 9.65. The summed E-state index contributed by atoms with van der Waals surface area (Å²) in [5.74, 6) is -0.146. The van der Waals surface area contributed by atoms with Crippen LogP contribution in [0, 0.1) is 6.92 Å². The van der Waals surface area contributed by atoms with Gasteiger partial charge < -0.3 is 4.52 Å². The fourth-order valence-electron chi connectivity index (χ4n) is 3.51. The summed E-state index contributed by atoms with van der Waals surface area (Å²) in [4.78, 5) is 24.7. The van der Waals surface area contributed by atoms with Gasteiger partial charge in [-0.1, -0.05) is 59.0 Å². The summed E-state index contributed by atoms with van der Waals surface area (Å²) in [6, 6.07) is 19.4. The molecule has 0 unspecified atom stereocenters. The molecule has 0 saturated carbocycles. The minimum atomic E-state index is -0.146. The van der Waals surface area contributed by atoms with Gasteiger partial charge in [0.1, 0.15) is 0 Å². The average Bonchev–Trinajstić information content (AvgIpc) is 3.38. The Labute approximate surface area is 176 Å². The molecular formula is C23H18N4O2S. The molecule has 0 fully saturated rings. The Morgan fingerprint density at radius 2 is 1.83 bits per heavy atom. The lowest BCUT2D eigenvalue weighted by atomic mass is 10.0. The number of hydrogen-bond donors (Lipinski definition) is 0. The molecule has 3 aromatic heterocycles. The summed E-state index contributed by atoms with van der Waals surface area (Å²) in [6.45, 7) is 4.26. The van der Waals surface area contributed by atoms with Crippen LogP contribution < -0.4 is 4.90 Å². The van der Waals surface area contributed by atoms with Crippen LogP contribution >= 0.6 is 11.3 Å². The number of benzene rings is 2. The number of para-hydroxylation sites is 1. The van der Waals surface area contributed by atoms with E-state index in [4.69, 9.17) is 4.52 Å². The highest BCUT2D eigenvalue weighted by molar-refractivity contribution is 7.22. The number of hydrogen-bond acceptors (Lipinski definition) is 6. The molecule has 0 saturated heterocycles. The molecule has 0 spiro atoms. The molecule has 0 atom stereocenters. The van der Waals surface area contributed by atoms with Crippen molar-refractivity contribution < 1.29 is 9.32 Å². The van der Waals surface area contributed by atoms with E-state index in [9.17, 15) is 4.79 Å². The number of nitrogens with zero attached hydrogens (tertiary/aromatic N) is 4. The van der Waals surface area contributed by atoms with Crippen LogP contribution in [0.15, 0.2) is 65.2 Å². The summed E-state index contributed by atoms with van der Waals surface area (Å²) < 4.78 is 6.47. The van der Waals surface area contributed by atoms with Gasteiger partial charge in [-0.25, -0.2) is 9.97 Å². The molecule has 0 radical (unpaired) electrons. The Bertz CT molecular complexity index is 1340. The first-order chi connectivity index (χ1) is 14.7. The van der Waals surface area contributed by atoms with Crippen molar-refractivity contribution in [1.82, 2.24) is 15.1 Å². The van der Waals surface area contributed by atoms with Gasteiger partial charge in [0.2, 0.25) is 0 Å². The Morgan fingerprint density at radius 1 is 1.07 bits per heavy atom. The van der Waals surface area contributed by atoms with Crippen LogP contribution in [0.5, 0.6) is 0 Å². The van der Waals surface area contributed by atoms with Crippen LogP contribution in [-0.4, -0.2) is 27.6 Å². The summed E-state index contributed by atoms with van der Waals surface area (Å²) in [5, 5.41) is 5.35. The zero-order valence-corrected chi connectivity index (χ0v) is 17.3. The summed E-state index contributed by atoms with van der Waals surface area (Å²) in [5.41, 5.74) is 3.97. The summed E-state index contributed by atoms with van der Waals surface area (Å²) >= 11 is 1.50. The SMILES string of the molecule is CCN(C(=O)c1cc(-c2ccccc2)nc2onc(C)c12)c1nc2ccccc2s1. The minimum Gasteiger partial charge on any atom is -0.335 e. The van der Waals surface area contributed by atoms with E-state index in [0.29, 0.717) is 39.7 Å². The van der Waals surface area contributed by atoms with Crippen LogP contribution in [0.1, 0.15) is 23.0 Å². The Kier molecular flexibility index (Phi) is 4.52. The molecule has 2 aromatic carbocycles. The summed E-state index contributed by atoms with van der Waals surface area (Å²) in [7, 11) is 0. The molecule has 6 nitrogen and oxygen atoms in total. The van der Waals surface area contributed by atoms with Gasteiger partial charge in [0.05, 0.1) is 32.6 Å². The van der Waals surface area contributed by atoms with E-state index in [2.05, 4.69) is 15.1 Å². The number of aromatic nitrogens is 3. The van der Waals surface area contributed by atoms with Crippen molar-refractivity contribution in [1.29, 1.82) is 0 Å². The number of fused-ring (bicyclic) bond motifs is 2. The Hall–Kier alpha value is -3.58. The second-order valence-electron chi connectivity index (χ2n) is 6.88. The van der Waals surface area contributed by atoms with Crippen molar-refractivity contribution in [2.24, 2.45) is 0 Å². The third-order valence-corrected chi connectivity index (χ3v) is 6.05. The maximum atomic E-state index is 13.7. The second-order valence-corrected chi connectivity index (χ2v) is 7.89. The van der Waals surface area contributed by atoms with E-state index in [-0.39, 0.29) is 5.91 Å². The van der Waals surface area contributed by atoms with E-state index in [1.807, 2.05) is 74.5 Å². The molecule has 1 amide bonds. The molecule has 148 valence electrons. The zero-order valence-electron chi connectivity index (χ0n) is 16.5. The third-order valence-electron chi connectivity index (χ3n) is 4.99. The van der Waals surface area contributed by atoms with E-state index < -0.39 is 0 Å². The van der Waals surface area contributed by atoms with Crippen LogP contribution in [0.3, 0.4) is 0 Å². The van der Waals surface area contributed by atoms with Crippen molar-refractivity contribution in [3.05, 3.63) is 71.9 Å². The van der Waals surface area contributed by atoms with Gasteiger partial charge >= 0.3 is 0 Å². The molecule has 0 aliphatic heterocycles. The van der Waals surface area contributed by atoms with Gasteiger partial charge in [-0.3, -0.25) is 9.69 Å². The standard InChI is InChI=1S/C23H18N4O2S/c1-3-27(23-25-17-11-7-8-12-19(17)30-23)22(28)16-13-18(15-9-5-4-6-10-15)24-21-20(16)14(2)26-29-21/h4-13H,3H2,1-2H3. The fraction of sp³-hybridized carbons (Fsp3) is 0.130. The number of carbonyl (C=O) groups excluding carboxylic acids is 1. The molecule has 7 heteroatoms. The van der Waals surface area contributed by atoms with Gasteiger partial charge in [-0.15, -0.1) is 0 Å². The van der Waals surface area contributed by atoms with Crippen molar-refractivity contribution in [2.45, 2.75) is 13.8 Å². The van der Waals surface area contributed by atoms with Gasteiger partial charge in [-0.2, -0.15) is 0 Å². The highest BCUT2D eigenvalue weighted by Crippen LogP contribution is 2.32. The molecule has 0 aliphatic rings. The van der Waals surface area contributed by atoms with Gasteiger partial charge in [0, 0.05) is 12.1 Å². The normalized spacial score (nSPS) is 11.3. The first kappa shape index (κ1) is 18.4. The van der Waals surface area contributed by atoms with Gasteiger partial charge in [0.15, 0.2) is 5.13 Å². The van der Waals surface area contributed by atoms with Crippen molar-refractivity contribution in [2.75, 3.05) is 11.4 Å². The van der Waals surface area contributed by atoms with E-state index in [1.54, 1.807) is 4.90 Å². The zero-order chi connectivity index (χ0) is 20.7. The molecule has 5 aromatic rings. The Morgan fingerprint density at radius 3 is 2.60 bits per heavy atom. The molecular weight excluding hydrogens is 396 g/mol. The van der Waals surface area contributed by atoms with E-state index >= 15 is 0 Å². The van der Waals surface area contributed by atoms with Gasteiger partial charge in [-0.05, 0) is 32.0 Å². The topological polar surface area (TPSA) is 72.1 Å². The number of thiazole rings is 1. The van der Waals surface area contributed by atoms with E-state index in [0.717, 1.165) is 15.8 Å². The first-order valence-corrected chi connectivity index (χ1v) is 10.5. The number of anilines is 1. The minimum absolute atomic E-state index is 0.146. The monoisotopic (exact) mass is 414 g/mol. The maximum Gasteiger partial charge on any atom is 0.261 e. The van der Waals surface area contributed by atoms with Crippen LogP contribution in [0.4, 0.5) is 5.13 Å². The Balaban J connectivity index is 1.66. The molecule has 3 heterocycles. The predicted molar refractivity (Wildman–Crippen MR) is 119 cm³/mol. The average molecular weight is 414 g/mol. The van der Waals surface area contributed by atoms with Crippen molar-refractivity contribution in [3.63, 3.8) is 0 Å². The van der Waals surface area contributed by atoms with Crippen LogP contribution in [-0.2, 0) is 0 Å². The largest absolute Gasteiger partial charge is 0.335 e. The number of amides is 1. The molecule has 0 aliphatic carbocycles. The molecule has 0 bridgehead atoms. The van der Waals surface area contributed by atoms with E-state index in [1.165, 1.54) is 11.3 Å². The fourth-order valence-corrected chi connectivity index (χ4v) is 4.53. The molecule has 30 heavy (non-hydrogen) atoms. The molecule has 0 N–H and O–H groups in total. The second kappa shape index (κ2) is 7.35. The quantitative estimate of drug-likeness (QED) is 0.390. The summed E-state index contributed by atoms with van der Waals surface area (Å²) in [6.07, 6.45) is 0. The lowest BCUT2D eigenvalue weighted by Crippen LogP contribution is -2.30. The maximum absolute atomic E-state index is 13.7. The molecule has 5 rings (SSSR count). The van der Waals surface area contributed by atoms with Crippen molar-refractivity contribution in [3.8, 4) is 11.3 Å². The number of carbonyl (C=O) groups is 1. The number of pyridine rings is 1. The lowest BCUT2D eigenvalue weighted by Gasteiger charge is -2.18. The lowest BCUT2D eigenvalue weighted by molar-refractivity contribution is 0.0990. The highest BCUT2D eigenvalue weighted by Gasteiger charge is 2.25. The van der Waals surface area contributed by atoms with Gasteiger partial charge in [0.25, 0.3) is 11.6 Å². The van der Waals surface area contributed by atoms with Crippen LogP contribution in [0.25, 0.3) is 32.6 Å². The van der Waals surface area contributed by atoms with Crippen LogP contribution in [0.2, 0.25) is 0 Å². The van der Waals surface area contributed by atoms with Crippen molar-refractivity contribution >= 4 is 43.7 Å². The number of aryl methyl sites for hydroxylation is 1. The third kappa shape index (κ3) is 3.04.